The molecular weight excluding hydrogens is 230 g/mol. The van der Waals surface area contributed by atoms with Crippen LogP contribution in [0.5, 0.6) is 0 Å². The molecule has 2 rings (SSSR count). The van der Waals surface area contributed by atoms with E-state index in [1.165, 1.54) is 0 Å². The highest BCUT2D eigenvalue weighted by atomic mass is 35.5. The Labute approximate surface area is 96.5 Å². The molecule has 0 saturated heterocycles. The van der Waals surface area contributed by atoms with Crippen LogP contribution in [0.25, 0.3) is 11.3 Å². The molecule has 0 fully saturated rings. The van der Waals surface area contributed by atoms with Gasteiger partial charge in [0, 0.05) is 17.5 Å². The molecule has 82 valence electrons. The molecule has 5 heteroatoms. The summed E-state index contributed by atoms with van der Waals surface area (Å²) >= 11 is 5.83. The lowest BCUT2D eigenvalue weighted by Crippen LogP contribution is -1.96. The molecule has 0 saturated carbocycles. The Morgan fingerprint density at radius 3 is 2.88 bits per heavy atom. The zero-order valence-electron chi connectivity index (χ0n) is 8.40. The molecule has 1 N–H and O–H groups in total. The van der Waals surface area contributed by atoms with Gasteiger partial charge in [-0.2, -0.15) is 0 Å². The summed E-state index contributed by atoms with van der Waals surface area (Å²) in [5.41, 5.74) is 0.925. The van der Waals surface area contributed by atoms with Crippen LogP contribution in [0.15, 0.2) is 28.7 Å². The van der Waals surface area contributed by atoms with E-state index in [0.717, 1.165) is 0 Å². The predicted octanol–water partition coefficient (Wildman–Crippen LogP) is 3.00. The number of aryl methyl sites for hydroxylation is 1. The van der Waals surface area contributed by atoms with Gasteiger partial charge in [0.2, 0.25) is 5.76 Å². The van der Waals surface area contributed by atoms with Crippen LogP contribution in [0, 0.1) is 6.92 Å². The van der Waals surface area contributed by atoms with Gasteiger partial charge in [-0.05, 0) is 12.1 Å². The second-order valence-corrected chi connectivity index (χ2v) is 3.66. The first kappa shape index (κ1) is 10.7. The van der Waals surface area contributed by atoms with Gasteiger partial charge in [0.05, 0.1) is 0 Å². The van der Waals surface area contributed by atoms with Crippen molar-refractivity contribution in [2.45, 2.75) is 6.92 Å². The zero-order chi connectivity index (χ0) is 11.7. The van der Waals surface area contributed by atoms with Crippen molar-refractivity contribution in [2.75, 3.05) is 0 Å². The summed E-state index contributed by atoms with van der Waals surface area (Å²) in [6.07, 6.45) is 0. The maximum Gasteiger partial charge on any atom is 0.374 e. The Kier molecular flexibility index (Phi) is 2.66. The van der Waals surface area contributed by atoms with Gasteiger partial charge in [-0.25, -0.2) is 9.78 Å². The van der Waals surface area contributed by atoms with Crippen LogP contribution in [0.2, 0.25) is 5.02 Å². The summed E-state index contributed by atoms with van der Waals surface area (Å²) in [5.74, 6) is -0.997. The third kappa shape index (κ3) is 1.92. The van der Waals surface area contributed by atoms with E-state index in [4.69, 9.17) is 21.1 Å². The summed E-state index contributed by atoms with van der Waals surface area (Å²) in [7, 11) is 0. The predicted molar refractivity (Wildman–Crippen MR) is 58.6 cm³/mol. The molecular formula is C11H8ClNO3. The minimum atomic E-state index is -1.14. The largest absolute Gasteiger partial charge is 0.475 e. The Bertz CT molecular complexity index is 548. The highest BCUT2D eigenvalue weighted by Crippen LogP contribution is 2.26. The normalized spacial score (nSPS) is 10.4. The smallest absolute Gasteiger partial charge is 0.374 e. The first-order chi connectivity index (χ1) is 7.58. The summed E-state index contributed by atoms with van der Waals surface area (Å²) in [4.78, 5) is 15.0. The van der Waals surface area contributed by atoms with Crippen LogP contribution in [-0.4, -0.2) is 16.1 Å². The monoisotopic (exact) mass is 237 g/mol. The summed E-state index contributed by atoms with van der Waals surface area (Å²) in [6, 6.07) is 6.81. The van der Waals surface area contributed by atoms with Crippen molar-refractivity contribution in [2.24, 2.45) is 0 Å². The number of hydrogen-bond donors (Lipinski definition) is 1. The number of carboxylic acid groups (broad SMARTS) is 1. The molecule has 16 heavy (non-hydrogen) atoms. The second kappa shape index (κ2) is 3.98. The number of oxazole rings is 1. The summed E-state index contributed by atoms with van der Waals surface area (Å²) < 4.78 is 5.02. The number of aromatic nitrogens is 1. The number of carbonyl (C=O) groups is 1. The molecule has 0 aliphatic carbocycles. The Morgan fingerprint density at radius 1 is 1.50 bits per heavy atom. The van der Waals surface area contributed by atoms with E-state index >= 15 is 0 Å². The van der Waals surface area contributed by atoms with Crippen molar-refractivity contribution in [3.63, 3.8) is 0 Å². The molecule has 0 atom stereocenters. The zero-order valence-corrected chi connectivity index (χ0v) is 9.15. The van der Waals surface area contributed by atoms with Crippen LogP contribution in [0.1, 0.15) is 16.4 Å². The molecule has 1 aromatic heterocycles. The maximum atomic E-state index is 10.9. The second-order valence-electron chi connectivity index (χ2n) is 3.23. The highest BCUT2D eigenvalue weighted by Gasteiger charge is 2.19. The van der Waals surface area contributed by atoms with E-state index in [2.05, 4.69) is 4.98 Å². The van der Waals surface area contributed by atoms with Gasteiger partial charge in [0.15, 0.2) is 5.89 Å². The van der Waals surface area contributed by atoms with Gasteiger partial charge in [0.1, 0.15) is 5.69 Å². The SMILES string of the molecule is Cc1nc(-c2cccc(Cl)c2)c(C(=O)O)o1. The van der Waals surface area contributed by atoms with Crippen LogP contribution < -0.4 is 0 Å². The van der Waals surface area contributed by atoms with Gasteiger partial charge < -0.3 is 9.52 Å². The van der Waals surface area contributed by atoms with Crippen molar-refractivity contribution in [3.8, 4) is 11.3 Å². The van der Waals surface area contributed by atoms with E-state index in [0.29, 0.717) is 22.2 Å². The van der Waals surface area contributed by atoms with Crippen LogP contribution >= 0.6 is 11.6 Å². The van der Waals surface area contributed by atoms with Crippen LogP contribution in [0.4, 0.5) is 0 Å². The van der Waals surface area contributed by atoms with Gasteiger partial charge in [-0.3, -0.25) is 0 Å². The Balaban J connectivity index is 2.59. The van der Waals surface area contributed by atoms with E-state index in [1.54, 1.807) is 31.2 Å². The Hall–Kier alpha value is -1.81. The molecule has 0 bridgehead atoms. The molecule has 1 heterocycles. The van der Waals surface area contributed by atoms with E-state index in [1.807, 2.05) is 0 Å². The maximum absolute atomic E-state index is 10.9. The molecule has 2 aromatic rings. The third-order valence-corrected chi connectivity index (χ3v) is 2.26. The average molecular weight is 238 g/mol. The molecule has 0 aliphatic heterocycles. The summed E-state index contributed by atoms with van der Waals surface area (Å²) in [6.45, 7) is 1.60. The topological polar surface area (TPSA) is 63.3 Å². The molecule has 0 spiro atoms. The van der Waals surface area contributed by atoms with Gasteiger partial charge in [-0.1, -0.05) is 23.7 Å². The molecule has 0 amide bonds. The third-order valence-electron chi connectivity index (χ3n) is 2.03. The quantitative estimate of drug-likeness (QED) is 0.872. The van der Waals surface area contributed by atoms with Crippen LogP contribution in [0.3, 0.4) is 0 Å². The van der Waals surface area contributed by atoms with Crippen molar-refractivity contribution < 1.29 is 14.3 Å². The molecule has 0 radical (unpaired) electrons. The average Bonchev–Trinajstić information content (AvgIpc) is 2.60. The first-order valence-electron chi connectivity index (χ1n) is 4.54. The van der Waals surface area contributed by atoms with Gasteiger partial charge >= 0.3 is 5.97 Å². The fourth-order valence-corrected chi connectivity index (χ4v) is 1.59. The van der Waals surface area contributed by atoms with Crippen molar-refractivity contribution in [1.29, 1.82) is 0 Å². The molecule has 0 unspecified atom stereocenters. The number of aromatic carboxylic acids is 1. The number of rotatable bonds is 2. The Morgan fingerprint density at radius 2 is 2.25 bits per heavy atom. The van der Waals surface area contributed by atoms with Crippen LogP contribution in [-0.2, 0) is 0 Å². The van der Waals surface area contributed by atoms with E-state index in [-0.39, 0.29) is 5.76 Å². The van der Waals surface area contributed by atoms with E-state index < -0.39 is 5.97 Å². The lowest BCUT2D eigenvalue weighted by Gasteiger charge is -1.97. The fraction of sp³-hybridized carbons (Fsp3) is 0.0909. The lowest BCUT2D eigenvalue weighted by molar-refractivity contribution is 0.0662. The van der Waals surface area contributed by atoms with Gasteiger partial charge in [-0.15, -0.1) is 0 Å². The number of nitrogens with zero attached hydrogens (tertiary/aromatic N) is 1. The first-order valence-corrected chi connectivity index (χ1v) is 4.92. The van der Waals surface area contributed by atoms with E-state index in [9.17, 15) is 4.79 Å². The molecule has 0 aliphatic rings. The highest BCUT2D eigenvalue weighted by molar-refractivity contribution is 6.30. The number of halogens is 1. The molecule has 1 aromatic carbocycles. The summed E-state index contributed by atoms with van der Waals surface area (Å²) in [5, 5.41) is 9.47. The minimum Gasteiger partial charge on any atom is -0.475 e. The van der Waals surface area contributed by atoms with Gasteiger partial charge in [0.25, 0.3) is 0 Å². The standard InChI is InChI=1S/C11H8ClNO3/c1-6-13-9(10(16-6)11(14)15)7-3-2-4-8(12)5-7/h2-5H,1H3,(H,14,15). The van der Waals surface area contributed by atoms with Crippen molar-refractivity contribution in [1.82, 2.24) is 4.98 Å². The molecule has 4 nitrogen and oxygen atoms in total. The van der Waals surface area contributed by atoms with Crippen molar-refractivity contribution in [3.05, 3.63) is 40.9 Å². The fourth-order valence-electron chi connectivity index (χ4n) is 1.40. The minimum absolute atomic E-state index is 0.167. The number of hydrogen-bond acceptors (Lipinski definition) is 3. The number of carboxylic acids is 1. The lowest BCUT2D eigenvalue weighted by atomic mass is 10.1. The van der Waals surface area contributed by atoms with Crippen molar-refractivity contribution >= 4 is 17.6 Å². The number of benzene rings is 1.